The van der Waals surface area contributed by atoms with Crippen molar-refractivity contribution in [2.75, 3.05) is 0 Å². The Morgan fingerprint density at radius 1 is 0.306 bits per heavy atom. The van der Waals surface area contributed by atoms with E-state index < -0.39 is 30.4 Å². The van der Waals surface area contributed by atoms with E-state index in [1.54, 1.807) is 0 Å². The van der Waals surface area contributed by atoms with E-state index in [9.17, 15) is 0 Å². The van der Waals surface area contributed by atoms with Crippen LogP contribution in [0.4, 0.5) is 0 Å². The predicted octanol–water partition coefficient (Wildman–Crippen LogP) is 4.26. The summed E-state index contributed by atoms with van der Waals surface area (Å²) in [6.45, 7) is 9.98. The zero-order valence-electron chi connectivity index (χ0n) is 21.5. The average Bonchev–Trinajstić information content (AvgIpc) is 2.95. The molecule has 0 nitrogen and oxygen atoms in total. The van der Waals surface area contributed by atoms with E-state index in [0.29, 0.717) is 0 Å². The lowest BCUT2D eigenvalue weighted by molar-refractivity contribution is 1.71. The van der Waals surface area contributed by atoms with Gasteiger partial charge in [-0.05, 0) is 20.7 Å². The van der Waals surface area contributed by atoms with Gasteiger partial charge in [0.25, 0.3) is 0 Å². The van der Waals surface area contributed by atoms with Gasteiger partial charge in [-0.1, -0.05) is 148 Å². The maximum absolute atomic E-state index is 4.16. The zero-order valence-corrected chi connectivity index (χ0v) is 25.5. The van der Waals surface area contributed by atoms with Gasteiger partial charge in [-0.3, -0.25) is 0 Å². The second-order valence-corrected chi connectivity index (χ2v) is 34.8. The van der Waals surface area contributed by atoms with Crippen LogP contribution in [0.1, 0.15) is 0 Å². The minimum atomic E-state index is -2.31. The summed E-state index contributed by atoms with van der Waals surface area (Å²) in [4.78, 5) is 0. The topological polar surface area (TPSA) is 0 Å². The molecular weight excluding hydrogens is 497 g/mol. The van der Waals surface area contributed by atoms with Crippen LogP contribution in [0.3, 0.4) is 0 Å². The van der Waals surface area contributed by atoms with Crippen molar-refractivity contribution in [3.63, 3.8) is 0 Å². The predicted molar refractivity (Wildman–Crippen MR) is 166 cm³/mol. The van der Waals surface area contributed by atoms with Crippen molar-refractivity contribution in [2.45, 2.75) is 26.2 Å². The summed E-state index contributed by atoms with van der Waals surface area (Å²) >= 11 is 0. The molecule has 0 aromatic heterocycles. The summed E-state index contributed by atoms with van der Waals surface area (Å²) in [6.07, 6.45) is 0. The highest BCUT2D eigenvalue weighted by Crippen LogP contribution is 2.25. The van der Waals surface area contributed by atoms with Crippen LogP contribution in [0.2, 0.25) is 26.2 Å². The molecule has 4 unspecified atom stereocenters. The molecule has 4 aromatic carbocycles. The van der Waals surface area contributed by atoms with Gasteiger partial charge in [0, 0.05) is 0 Å². The molecule has 0 amide bonds. The standard InChI is InChI=1S/C32H32Si4/c1-33(29-17-9-5-10-18-29)25-26-35(3,31-21-13-7-14-22-31)36(4,32-23-15-8-16-24-32)28-27-34(33,2)30-19-11-6-12-20-30/h5-24H,1-4H3. The Morgan fingerprint density at radius 2 is 0.472 bits per heavy atom. The first-order valence-corrected chi connectivity index (χ1v) is 24.6. The summed E-state index contributed by atoms with van der Waals surface area (Å²) in [5.74, 6) is 0. The summed E-state index contributed by atoms with van der Waals surface area (Å²) in [5.41, 5.74) is 16.6. The van der Waals surface area contributed by atoms with E-state index >= 15 is 0 Å². The molecule has 1 heterocycles. The molecular formula is C32H32Si4. The Labute approximate surface area is 220 Å². The van der Waals surface area contributed by atoms with Crippen molar-refractivity contribution in [1.82, 2.24) is 0 Å². The number of hydrogen-bond acceptors (Lipinski definition) is 0. The lowest BCUT2D eigenvalue weighted by Crippen LogP contribution is -2.76. The van der Waals surface area contributed by atoms with E-state index in [2.05, 4.69) is 170 Å². The molecule has 4 heteroatoms. The third-order valence-electron chi connectivity index (χ3n) is 8.53. The fourth-order valence-corrected chi connectivity index (χ4v) is 31.0. The molecule has 176 valence electrons. The molecule has 1 aliphatic rings. The van der Waals surface area contributed by atoms with Gasteiger partial charge in [0.05, 0.1) is 0 Å². The molecule has 0 fully saturated rings. The van der Waals surface area contributed by atoms with Gasteiger partial charge in [0.1, 0.15) is 0 Å². The van der Waals surface area contributed by atoms with Crippen molar-refractivity contribution >= 4 is 51.1 Å². The van der Waals surface area contributed by atoms with Crippen LogP contribution >= 0.6 is 0 Å². The van der Waals surface area contributed by atoms with Gasteiger partial charge in [-0.25, -0.2) is 0 Å². The molecule has 0 radical (unpaired) electrons. The van der Waals surface area contributed by atoms with Gasteiger partial charge >= 0.3 is 0 Å². The Hall–Kier alpha value is -3.13. The third kappa shape index (κ3) is 3.82. The summed E-state index contributed by atoms with van der Waals surface area (Å²) < 4.78 is 0. The zero-order chi connectivity index (χ0) is 25.3. The van der Waals surface area contributed by atoms with Gasteiger partial charge in [0.15, 0.2) is 30.4 Å². The van der Waals surface area contributed by atoms with E-state index in [1.807, 2.05) is 0 Å². The van der Waals surface area contributed by atoms with Crippen molar-refractivity contribution in [2.24, 2.45) is 0 Å². The molecule has 0 aliphatic carbocycles. The number of rotatable bonds is 4. The Kier molecular flexibility index (Phi) is 6.40. The highest BCUT2D eigenvalue weighted by Gasteiger charge is 2.55. The van der Waals surface area contributed by atoms with Crippen molar-refractivity contribution in [1.29, 1.82) is 0 Å². The van der Waals surface area contributed by atoms with Gasteiger partial charge < -0.3 is 0 Å². The summed E-state index contributed by atoms with van der Waals surface area (Å²) in [5, 5.41) is 5.66. The molecule has 4 aromatic rings. The lowest BCUT2D eigenvalue weighted by atomic mass is 10.4. The SMILES string of the molecule is C[Si]1(c2ccccc2)C#C[Si](C)(c2ccccc2)[Si](C)(c2ccccc2)C#C[Si]1(C)c1ccccc1. The van der Waals surface area contributed by atoms with Crippen LogP contribution < -0.4 is 20.7 Å². The first kappa shape index (κ1) is 24.6. The van der Waals surface area contributed by atoms with Crippen molar-refractivity contribution in [3.8, 4) is 22.2 Å². The van der Waals surface area contributed by atoms with Gasteiger partial charge in [-0.15, -0.1) is 22.2 Å². The first-order chi connectivity index (χ1) is 17.3. The molecule has 0 bridgehead atoms. The normalized spacial score (nSPS) is 29.0. The Morgan fingerprint density at radius 3 is 0.639 bits per heavy atom. The summed E-state index contributed by atoms with van der Waals surface area (Å²) in [6, 6.07) is 44.4. The molecule has 0 saturated heterocycles. The number of benzene rings is 4. The maximum Gasteiger partial charge on any atom is 0.174 e. The van der Waals surface area contributed by atoms with Crippen LogP contribution in [0.5, 0.6) is 0 Å². The van der Waals surface area contributed by atoms with Crippen LogP contribution in [0.25, 0.3) is 0 Å². The van der Waals surface area contributed by atoms with E-state index in [0.717, 1.165) is 0 Å². The largest absolute Gasteiger partial charge is 0.174 e. The molecule has 36 heavy (non-hydrogen) atoms. The highest BCUT2D eigenvalue weighted by molar-refractivity contribution is 7.60. The average molecular weight is 529 g/mol. The van der Waals surface area contributed by atoms with Crippen molar-refractivity contribution in [3.05, 3.63) is 121 Å². The highest BCUT2D eigenvalue weighted by atomic mass is 29.3. The Balaban J connectivity index is 1.88. The molecule has 4 atom stereocenters. The Bertz CT molecular complexity index is 1250. The fourth-order valence-electron chi connectivity index (χ4n) is 5.53. The molecule has 5 rings (SSSR count). The second kappa shape index (κ2) is 9.39. The van der Waals surface area contributed by atoms with Crippen LogP contribution in [0, 0.1) is 22.2 Å². The smallest absolute Gasteiger partial charge is 0.134 e. The molecule has 0 N–H and O–H groups in total. The summed E-state index contributed by atoms with van der Waals surface area (Å²) in [7, 11) is -9.26. The van der Waals surface area contributed by atoms with E-state index in [-0.39, 0.29) is 0 Å². The van der Waals surface area contributed by atoms with Crippen LogP contribution in [0.15, 0.2) is 121 Å². The monoisotopic (exact) mass is 528 g/mol. The van der Waals surface area contributed by atoms with Crippen LogP contribution in [-0.2, 0) is 0 Å². The van der Waals surface area contributed by atoms with Gasteiger partial charge in [0.2, 0.25) is 0 Å². The van der Waals surface area contributed by atoms with Crippen LogP contribution in [-0.4, -0.2) is 30.4 Å². The quantitative estimate of drug-likeness (QED) is 0.274. The minimum Gasteiger partial charge on any atom is -0.134 e. The third-order valence-corrected chi connectivity index (χ3v) is 38.4. The molecule has 0 saturated carbocycles. The minimum absolute atomic E-state index is 1.42. The van der Waals surface area contributed by atoms with Gasteiger partial charge in [-0.2, -0.15) is 0 Å². The molecule has 1 aliphatic heterocycles. The second-order valence-electron chi connectivity index (χ2n) is 10.5. The lowest BCUT2D eigenvalue weighted by Gasteiger charge is -2.42. The molecule has 0 spiro atoms. The maximum atomic E-state index is 4.16. The first-order valence-electron chi connectivity index (χ1n) is 12.6. The number of hydrogen-bond donors (Lipinski definition) is 0. The van der Waals surface area contributed by atoms with E-state index in [4.69, 9.17) is 0 Å². The van der Waals surface area contributed by atoms with Crippen molar-refractivity contribution < 1.29 is 0 Å². The fraction of sp³-hybridized carbons (Fsp3) is 0.125. The van der Waals surface area contributed by atoms with E-state index in [1.165, 1.54) is 20.7 Å².